The fourth-order valence-corrected chi connectivity index (χ4v) is 9.48. The van der Waals surface area contributed by atoms with Crippen molar-refractivity contribution in [3.8, 4) is 44.5 Å². The molecule has 0 aliphatic carbocycles. The van der Waals surface area contributed by atoms with E-state index < -0.39 is 11.9 Å². The number of aryl methyl sites for hydroxylation is 2. The monoisotopic (exact) mass is 858 g/mol. The zero-order chi connectivity index (χ0) is 45.1. The molecular formula is C58H42N4O4. The van der Waals surface area contributed by atoms with E-state index in [1.54, 1.807) is 0 Å². The van der Waals surface area contributed by atoms with Crippen LogP contribution in [-0.2, 0) is 9.47 Å². The zero-order valence-electron chi connectivity index (χ0n) is 36.7. The molecule has 6 aromatic carbocycles. The molecule has 318 valence electrons. The van der Waals surface area contributed by atoms with Crippen LogP contribution in [0.25, 0.3) is 112 Å². The molecule has 2 aliphatic heterocycles. The molecular weight excluding hydrogens is 817 g/mol. The van der Waals surface area contributed by atoms with E-state index in [9.17, 15) is 9.59 Å². The minimum Gasteiger partial charge on any atom is -0.465 e. The summed E-state index contributed by atoms with van der Waals surface area (Å²) in [6.45, 7) is 4.16. The Hall–Kier alpha value is -8.62. The van der Waals surface area contributed by atoms with Crippen LogP contribution in [0.4, 0.5) is 0 Å². The molecule has 66 heavy (non-hydrogen) atoms. The molecule has 0 atom stereocenters. The van der Waals surface area contributed by atoms with Crippen molar-refractivity contribution in [2.75, 3.05) is 14.2 Å². The van der Waals surface area contributed by atoms with Crippen LogP contribution in [0.3, 0.4) is 0 Å². The predicted octanol–water partition coefficient (Wildman–Crippen LogP) is 13.8. The summed E-state index contributed by atoms with van der Waals surface area (Å²) in [5.41, 5.74) is 16.5. The summed E-state index contributed by atoms with van der Waals surface area (Å²) in [6, 6.07) is 48.8. The Morgan fingerprint density at radius 1 is 0.409 bits per heavy atom. The molecule has 8 nitrogen and oxygen atoms in total. The Kier molecular flexibility index (Phi) is 9.85. The summed E-state index contributed by atoms with van der Waals surface area (Å²) in [7, 11) is 2.82. The standard InChI is InChI=1S/C58H42N4O4/c1-33-17-21-37(22-18-33)53-43-25-29-47(59-43)55(39-13-5-9-35-11-7-15-41(51(35)39)57(63)65-3)49-31-27-45(61-49)54(38-23-19-34(2)20-24-38)46-28-32-50(62-46)56(48-30-26-44(53)60-48)40-14-6-10-36-12-8-16-42(52(36)40)58(64)66-4/h5-32,59,62H,1-4H3. The molecule has 0 saturated heterocycles. The number of carbonyl (C=O) groups is 2. The van der Waals surface area contributed by atoms with E-state index in [1.165, 1.54) is 14.2 Å². The highest BCUT2D eigenvalue weighted by molar-refractivity contribution is 6.15. The zero-order valence-corrected chi connectivity index (χ0v) is 36.7. The highest BCUT2D eigenvalue weighted by Crippen LogP contribution is 2.42. The number of esters is 2. The van der Waals surface area contributed by atoms with Crippen molar-refractivity contribution in [1.82, 2.24) is 19.9 Å². The Labute approximate surface area is 380 Å². The summed E-state index contributed by atoms with van der Waals surface area (Å²) in [5, 5.41) is 3.34. The molecule has 0 fully saturated rings. The van der Waals surface area contributed by atoms with E-state index in [4.69, 9.17) is 19.4 Å². The Morgan fingerprint density at radius 3 is 1.11 bits per heavy atom. The first-order chi connectivity index (χ1) is 32.3. The molecule has 0 unspecified atom stereocenters. The van der Waals surface area contributed by atoms with Gasteiger partial charge in [-0.15, -0.1) is 0 Å². The molecule has 2 aliphatic rings. The fourth-order valence-electron chi connectivity index (χ4n) is 9.48. The summed E-state index contributed by atoms with van der Waals surface area (Å²) in [6.07, 6.45) is 8.23. The van der Waals surface area contributed by atoms with Crippen molar-refractivity contribution in [1.29, 1.82) is 0 Å². The van der Waals surface area contributed by atoms with Crippen LogP contribution >= 0.6 is 0 Å². The van der Waals surface area contributed by atoms with Gasteiger partial charge in [0, 0.05) is 55.1 Å². The Balaban J connectivity index is 1.34. The number of ether oxygens (including phenoxy) is 2. The number of carbonyl (C=O) groups excluding carboxylic acids is 2. The van der Waals surface area contributed by atoms with Crippen LogP contribution in [0.1, 0.15) is 54.6 Å². The second kappa shape index (κ2) is 16.2. The van der Waals surface area contributed by atoms with Crippen LogP contribution in [0.15, 0.2) is 146 Å². The molecule has 0 spiro atoms. The average Bonchev–Trinajstić information content (AvgIpc) is 4.20. The lowest BCUT2D eigenvalue weighted by atomic mass is 9.93. The van der Waals surface area contributed by atoms with Gasteiger partial charge < -0.3 is 19.4 Å². The van der Waals surface area contributed by atoms with Gasteiger partial charge in [-0.2, -0.15) is 0 Å². The van der Waals surface area contributed by atoms with Crippen molar-refractivity contribution >= 4 is 79.9 Å². The molecule has 8 heteroatoms. The lowest BCUT2D eigenvalue weighted by molar-refractivity contribution is 0.0594. The minimum absolute atomic E-state index is 0.419. The minimum atomic E-state index is -0.419. The highest BCUT2D eigenvalue weighted by atomic mass is 16.5. The van der Waals surface area contributed by atoms with Gasteiger partial charge in [0.25, 0.3) is 0 Å². The fraction of sp³-hybridized carbons (Fsp3) is 0.0690. The smallest absolute Gasteiger partial charge is 0.338 e. The molecule has 9 aromatic rings. The number of nitrogens with zero attached hydrogens (tertiary/aromatic N) is 2. The Bertz CT molecular complexity index is 3470. The number of fused-ring (bicyclic) bond motifs is 10. The van der Waals surface area contributed by atoms with Crippen LogP contribution in [0, 0.1) is 13.8 Å². The third-order valence-electron chi connectivity index (χ3n) is 12.6. The normalized spacial score (nSPS) is 11.9. The predicted molar refractivity (Wildman–Crippen MR) is 268 cm³/mol. The van der Waals surface area contributed by atoms with Gasteiger partial charge in [-0.1, -0.05) is 120 Å². The van der Waals surface area contributed by atoms with Crippen LogP contribution in [0.5, 0.6) is 0 Å². The summed E-state index contributed by atoms with van der Waals surface area (Å²) in [5.74, 6) is -0.839. The first-order valence-corrected chi connectivity index (χ1v) is 21.8. The van der Waals surface area contributed by atoms with Crippen molar-refractivity contribution in [2.45, 2.75) is 13.8 Å². The van der Waals surface area contributed by atoms with Gasteiger partial charge in [-0.25, -0.2) is 19.6 Å². The number of methoxy groups -OCH3 is 2. The second-order valence-corrected chi connectivity index (χ2v) is 16.6. The van der Waals surface area contributed by atoms with Crippen molar-refractivity contribution < 1.29 is 19.1 Å². The maximum absolute atomic E-state index is 13.5. The number of benzene rings is 6. The van der Waals surface area contributed by atoms with Crippen LogP contribution in [0.2, 0.25) is 0 Å². The molecule has 3 aromatic heterocycles. The second-order valence-electron chi connectivity index (χ2n) is 16.6. The topological polar surface area (TPSA) is 110 Å². The first kappa shape index (κ1) is 40.2. The van der Waals surface area contributed by atoms with E-state index in [2.05, 4.69) is 121 Å². The summed E-state index contributed by atoms with van der Waals surface area (Å²) >= 11 is 0. The number of hydrogen-bond acceptors (Lipinski definition) is 6. The number of aromatic nitrogens is 4. The number of H-pyrrole nitrogens is 2. The van der Waals surface area contributed by atoms with E-state index in [0.717, 1.165) is 122 Å². The highest BCUT2D eigenvalue weighted by Gasteiger charge is 2.23. The molecule has 5 heterocycles. The van der Waals surface area contributed by atoms with Gasteiger partial charge in [0.1, 0.15) is 0 Å². The third-order valence-corrected chi connectivity index (χ3v) is 12.6. The van der Waals surface area contributed by atoms with Crippen molar-refractivity contribution in [3.63, 3.8) is 0 Å². The summed E-state index contributed by atoms with van der Waals surface area (Å²) in [4.78, 5) is 45.6. The number of rotatable bonds is 6. The molecule has 11 rings (SSSR count). The first-order valence-electron chi connectivity index (χ1n) is 21.8. The Morgan fingerprint density at radius 2 is 0.742 bits per heavy atom. The van der Waals surface area contributed by atoms with Crippen LogP contribution < -0.4 is 0 Å². The average molecular weight is 859 g/mol. The molecule has 8 bridgehead atoms. The third kappa shape index (κ3) is 6.78. The van der Waals surface area contributed by atoms with Crippen LogP contribution in [-0.4, -0.2) is 46.1 Å². The quantitative estimate of drug-likeness (QED) is 0.161. The van der Waals surface area contributed by atoms with E-state index in [-0.39, 0.29) is 0 Å². The van der Waals surface area contributed by atoms with Gasteiger partial charge in [0.05, 0.1) is 48.1 Å². The molecule has 0 amide bonds. The van der Waals surface area contributed by atoms with Gasteiger partial charge in [-0.3, -0.25) is 0 Å². The molecule has 0 saturated carbocycles. The largest absolute Gasteiger partial charge is 0.465 e. The van der Waals surface area contributed by atoms with Crippen molar-refractivity contribution in [3.05, 3.63) is 191 Å². The van der Waals surface area contributed by atoms with E-state index in [1.807, 2.05) is 72.8 Å². The maximum Gasteiger partial charge on any atom is 0.338 e. The van der Waals surface area contributed by atoms with Gasteiger partial charge >= 0.3 is 11.9 Å². The lowest BCUT2D eigenvalue weighted by Crippen LogP contribution is -2.03. The maximum atomic E-state index is 13.5. The number of nitrogens with one attached hydrogen (secondary N) is 2. The summed E-state index contributed by atoms with van der Waals surface area (Å²) < 4.78 is 10.7. The van der Waals surface area contributed by atoms with Gasteiger partial charge in [-0.05, 0) is 108 Å². The number of aromatic amines is 2. The van der Waals surface area contributed by atoms with Gasteiger partial charge in [0.2, 0.25) is 0 Å². The lowest BCUT2D eigenvalue weighted by Gasteiger charge is -2.12. The molecule has 2 N–H and O–H groups in total. The number of hydrogen-bond donors (Lipinski definition) is 2. The van der Waals surface area contributed by atoms with Crippen molar-refractivity contribution in [2.24, 2.45) is 0 Å². The van der Waals surface area contributed by atoms with Gasteiger partial charge in [0.15, 0.2) is 0 Å². The molecule has 0 radical (unpaired) electrons. The van der Waals surface area contributed by atoms with E-state index in [0.29, 0.717) is 11.1 Å². The SMILES string of the molecule is COC(=O)c1cccc2cccc(-c3c4nc(c(-c5ccc(C)cc5)c5ccc([nH]5)c(-c5cccc6cccc(C(=O)OC)c56)c5nc(c(-c6ccc(C)cc6)c6ccc3[nH]6)C=C5)C=C4)c12. The van der Waals surface area contributed by atoms with E-state index >= 15 is 0 Å².